The molecule has 0 radical (unpaired) electrons. The maximum atomic E-state index is 13.0. The van der Waals surface area contributed by atoms with Crippen LogP contribution in [0.4, 0.5) is 5.82 Å². The molecule has 2 aromatic rings. The summed E-state index contributed by atoms with van der Waals surface area (Å²) in [5, 5.41) is 3.91. The summed E-state index contributed by atoms with van der Waals surface area (Å²) in [6.45, 7) is 2.01. The van der Waals surface area contributed by atoms with E-state index in [1.54, 1.807) is 26.0 Å². The first-order valence-corrected chi connectivity index (χ1v) is 10.8. The van der Waals surface area contributed by atoms with E-state index in [0.29, 0.717) is 6.04 Å². The van der Waals surface area contributed by atoms with Crippen molar-refractivity contribution in [2.45, 2.75) is 56.7 Å². The molecule has 1 aromatic heterocycles. The monoisotopic (exact) mass is 401 g/mol. The van der Waals surface area contributed by atoms with E-state index in [0.717, 1.165) is 46.3 Å². The molecule has 1 N–H and O–H groups in total. The summed E-state index contributed by atoms with van der Waals surface area (Å²) in [7, 11) is 3.28. The number of fused-ring (bicyclic) bond motifs is 1. The zero-order valence-corrected chi connectivity index (χ0v) is 17.5. The predicted molar refractivity (Wildman–Crippen MR) is 114 cm³/mol. The molecule has 6 nitrogen and oxygen atoms in total. The molecule has 7 heteroatoms. The zero-order chi connectivity index (χ0) is 19.7. The van der Waals surface area contributed by atoms with Crippen LogP contribution in [0.5, 0.6) is 11.5 Å². The standard InChI is InChI=1S/C21H27N3O3S/c1-13-22-20-18(21(25)23-24(20)14-8-6-4-5-7-9-14)19(28-13)16-11-10-15(26-2)12-17(16)27-3/h10-12,14,19H,4-9H2,1-3H3,(H,23,25)/t19-/m0/s1. The molecular formula is C21H27N3O3S. The molecule has 0 saturated heterocycles. The number of hydrogen-bond acceptors (Lipinski definition) is 5. The van der Waals surface area contributed by atoms with Gasteiger partial charge in [-0.05, 0) is 25.8 Å². The van der Waals surface area contributed by atoms with Gasteiger partial charge in [-0.15, -0.1) is 0 Å². The van der Waals surface area contributed by atoms with Crippen LogP contribution in [0.15, 0.2) is 28.0 Å². The second kappa shape index (κ2) is 8.07. The Hall–Kier alpha value is -2.15. The average molecular weight is 402 g/mol. The molecule has 0 amide bonds. The highest BCUT2D eigenvalue weighted by molar-refractivity contribution is 8.14. The maximum Gasteiger partial charge on any atom is 0.271 e. The van der Waals surface area contributed by atoms with Crippen molar-refractivity contribution in [2.75, 3.05) is 14.2 Å². The minimum atomic E-state index is -0.149. The fourth-order valence-electron chi connectivity index (χ4n) is 4.24. The minimum Gasteiger partial charge on any atom is -0.497 e. The number of methoxy groups -OCH3 is 2. The van der Waals surface area contributed by atoms with Crippen LogP contribution in [0.25, 0.3) is 0 Å². The number of thioether (sulfide) groups is 1. The molecule has 4 rings (SSSR count). The van der Waals surface area contributed by atoms with Gasteiger partial charge in [-0.3, -0.25) is 14.6 Å². The van der Waals surface area contributed by atoms with Gasteiger partial charge in [0.2, 0.25) is 0 Å². The topological polar surface area (TPSA) is 68.6 Å². The molecule has 0 bridgehead atoms. The van der Waals surface area contributed by atoms with Crippen molar-refractivity contribution in [3.63, 3.8) is 0 Å². The lowest BCUT2D eigenvalue weighted by molar-refractivity contribution is 0.391. The SMILES string of the molecule is COc1ccc([C@@H]2SC(C)=Nc3c2c(=O)[nH]n3C2CCCCCC2)c(OC)c1. The number of nitrogens with one attached hydrogen (secondary N) is 1. The van der Waals surface area contributed by atoms with Gasteiger partial charge in [-0.25, -0.2) is 4.99 Å². The van der Waals surface area contributed by atoms with Crippen molar-refractivity contribution in [1.82, 2.24) is 9.78 Å². The Morgan fingerprint density at radius 2 is 1.89 bits per heavy atom. The number of aromatic nitrogens is 2. The highest BCUT2D eigenvalue weighted by atomic mass is 32.2. The molecule has 0 unspecified atom stereocenters. The number of nitrogens with zero attached hydrogens (tertiary/aromatic N) is 2. The first-order valence-electron chi connectivity index (χ1n) is 9.90. The van der Waals surface area contributed by atoms with Gasteiger partial charge in [-0.2, -0.15) is 0 Å². The number of rotatable bonds is 4. The Morgan fingerprint density at radius 3 is 2.57 bits per heavy atom. The lowest BCUT2D eigenvalue weighted by Gasteiger charge is -2.24. The lowest BCUT2D eigenvalue weighted by atomic mass is 10.0. The van der Waals surface area contributed by atoms with Crippen LogP contribution < -0.4 is 15.0 Å². The van der Waals surface area contributed by atoms with E-state index in [2.05, 4.69) is 5.10 Å². The number of ether oxygens (including phenoxy) is 2. The Labute approximate surface area is 169 Å². The van der Waals surface area contributed by atoms with Crippen molar-refractivity contribution in [3.05, 3.63) is 39.7 Å². The second-order valence-electron chi connectivity index (χ2n) is 7.43. The first kappa shape index (κ1) is 19.2. The fourth-order valence-corrected chi connectivity index (χ4v) is 5.38. The summed E-state index contributed by atoms with van der Waals surface area (Å²) in [5.41, 5.74) is 1.64. The van der Waals surface area contributed by atoms with Crippen LogP contribution >= 0.6 is 11.8 Å². The van der Waals surface area contributed by atoms with Gasteiger partial charge in [-0.1, -0.05) is 43.5 Å². The van der Waals surface area contributed by atoms with Gasteiger partial charge in [0.25, 0.3) is 5.56 Å². The molecule has 28 heavy (non-hydrogen) atoms. The molecule has 1 fully saturated rings. The van der Waals surface area contributed by atoms with Crippen LogP contribution in [-0.4, -0.2) is 29.0 Å². The summed E-state index contributed by atoms with van der Waals surface area (Å²) in [6, 6.07) is 6.08. The van der Waals surface area contributed by atoms with E-state index in [9.17, 15) is 4.79 Å². The van der Waals surface area contributed by atoms with E-state index in [1.165, 1.54) is 25.7 Å². The van der Waals surface area contributed by atoms with Crippen molar-refractivity contribution in [2.24, 2.45) is 4.99 Å². The van der Waals surface area contributed by atoms with Crippen LogP contribution in [0.1, 0.15) is 67.9 Å². The summed E-state index contributed by atoms with van der Waals surface area (Å²) >= 11 is 1.60. The molecule has 1 aliphatic carbocycles. The number of benzene rings is 1. The van der Waals surface area contributed by atoms with Crippen molar-refractivity contribution in [1.29, 1.82) is 0 Å². The predicted octanol–water partition coefficient (Wildman–Crippen LogP) is 4.98. The quantitative estimate of drug-likeness (QED) is 0.734. The molecule has 1 aromatic carbocycles. The largest absolute Gasteiger partial charge is 0.497 e. The van der Waals surface area contributed by atoms with Gasteiger partial charge in [0.1, 0.15) is 11.5 Å². The van der Waals surface area contributed by atoms with Crippen LogP contribution in [0.2, 0.25) is 0 Å². The van der Waals surface area contributed by atoms with E-state index in [-0.39, 0.29) is 10.8 Å². The lowest BCUT2D eigenvalue weighted by Crippen LogP contribution is -2.14. The van der Waals surface area contributed by atoms with Gasteiger partial charge in [0.05, 0.1) is 36.1 Å². The highest BCUT2D eigenvalue weighted by Crippen LogP contribution is 2.48. The molecule has 0 spiro atoms. The van der Waals surface area contributed by atoms with Crippen LogP contribution in [-0.2, 0) is 0 Å². The molecule has 1 saturated carbocycles. The molecule has 1 atom stereocenters. The number of hydrogen-bond donors (Lipinski definition) is 1. The van der Waals surface area contributed by atoms with Crippen molar-refractivity contribution in [3.8, 4) is 11.5 Å². The third-order valence-electron chi connectivity index (χ3n) is 5.66. The first-order chi connectivity index (χ1) is 13.6. The number of H-pyrrole nitrogens is 1. The van der Waals surface area contributed by atoms with Gasteiger partial charge < -0.3 is 9.47 Å². The van der Waals surface area contributed by atoms with Crippen molar-refractivity contribution < 1.29 is 9.47 Å². The van der Waals surface area contributed by atoms with Gasteiger partial charge in [0, 0.05) is 11.6 Å². The third kappa shape index (κ3) is 3.48. The summed E-state index contributed by atoms with van der Waals surface area (Å²) < 4.78 is 13.0. The number of aromatic amines is 1. The maximum absolute atomic E-state index is 13.0. The molecule has 2 heterocycles. The van der Waals surface area contributed by atoms with E-state index < -0.39 is 0 Å². The number of aliphatic imine (C=N–C) groups is 1. The van der Waals surface area contributed by atoms with Gasteiger partial charge in [0.15, 0.2) is 5.82 Å². The van der Waals surface area contributed by atoms with E-state index in [4.69, 9.17) is 14.5 Å². The molecular weight excluding hydrogens is 374 g/mol. The normalized spacial score (nSPS) is 20.2. The summed E-state index contributed by atoms with van der Waals surface area (Å²) in [5.74, 6) is 2.24. The molecule has 150 valence electrons. The van der Waals surface area contributed by atoms with E-state index >= 15 is 0 Å². The van der Waals surface area contributed by atoms with Crippen molar-refractivity contribution >= 4 is 22.6 Å². The minimum absolute atomic E-state index is 0.0501. The van der Waals surface area contributed by atoms with Gasteiger partial charge >= 0.3 is 0 Å². The summed E-state index contributed by atoms with van der Waals surface area (Å²) in [6.07, 6.45) is 7.13. The third-order valence-corrected chi connectivity index (χ3v) is 6.82. The summed E-state index contributed by atoms with van der Waals surface area (Å²) in [4.78, 5) is 17.8. The Bertz CT molecular complexity index is 939. The Morgan fingerprint density at radius 1 is 1.14 bits per heavy atom. The zero-order valence-electron chi connectivity index (χ0n) is 16.7. The smallest absolute Gasteiger partial charge is 0.271 e. The fraction of sp³-hybridized carbons (Fsp3) is 0.524. The second-order valence-corrected chi connectivity index (χ2v) is 8.73. The molecule has 2 aliphatic rings. The van der Waals surface area contributed by atoms with Crippen LogP contribution in [0, 0.1) is 0 Å². The highest BCUT2D eigenvalue weighted by Gasteiger charge is 2.33. The Balaban J connectivity index is 1.81. The Kier molecular flexibility index (Phi) is 5.53. The molecule has 1 aliphatic heterocycles. The van der Waals surface area contributed by atoms with Crippen LogP contribution in [0.3, 0.4) is 0 Å². The van der Waals surface area contributed by atoms with E-state index in [1.807, 2.05) is 29.8 Å². The average Bonchev–Trinajstić information content (AvgIpc) is 2.88.